The molecule has 1 aliphatic heterocycles. The van der Waals surface area contributed by atoms with Crippen molar-refractivity contribution in [1.29, 1.82) is 0 Å². The Hall–Kier alpha value is -1.30. The van der Waals surface area contributed by atoms with Crippen LogP contribution in [0.25, 0.3) is 0 Å². The van der Waals surface area contributed by atoms with Gasteiger partial charge < -0.3 is 0 Å². The van der Waals surface area contributed by atoms with E-state index in [1.807, 2.05) is 0 Å². The summed E-state index contributed by atoms with van der Waals surface area (Å²) >= 11 is 0. The van der Waals surface area contributed by atoms with Crippen molar-refractivity contribution >= 4 is 11.8 Å². The molecule has 1 atom stereocenters. The molecule has 2 amide bonds. The predicted octanol–water partition coefficient (Wildman–Crippen LogP) is 1.72. The summed E-state index contributed by atoms with van der Waals surface area (Å²) in [5.74, 6) is 2.36. The molecule has 3 nitrogen and oxygen atoms in total. The molecular weight excluding hydrogens is 202 g/mol. The Labute approximate surface area is 96.2 Å². The highest BCUT2D eigenvalue weighted by Gasteiger charge is 2.52. The standard InChI is InChI=1S/C13H17NO2/c1-3-10(2)14-11(15)9-13(12(14)16)7-5-4-6-8-13/h1,10H,4-9H2,2H3. The van der Waals surface area contributed by atoms with Crippen molar-refractivity contribution in [3.63, 3.8) is 0 Å². The maximum atomic E-state index is 12.3. The Kier molecular flexibility index (Phi) is 2.75. The first-order chi connectivity index (χ1) is 7.60. The SMILES string of the molecule is C#CC(C)N1C(=O)CC2(CCCCC2)C1=O. The summed E-state index contributed by atoms with van der Waals surface area (Å²) < 4.78 is 0. The molecule has 1 saturated carbocycles. The lowest BCUT2D eigenvalue weighted by molar-refractivity contribution is -0.143. The van der Waals surface area contributed by atoms with Crippen molar-refractivity contribution in [2.24, 2.45) is 5.41 Å². The third-order valence-electron chi connectivity index (χ3n) is 3.87. The highest BCUT2D eigenvalue weighted by atomic mass is 16.2. The van der Waals surface area contributed by atoms with Gasteiger partial charge in [-0.1, -0.05) is 25.2 Å². The van der Waals surface area contributed by atoms with Gasteiger partial charge in [-0.3, -0.25) is 14.5 Å². The largest absolute Gasteiger partial charge is 0.274 e. The third-order valence-corrected chi connectivity index (χ3v) is 3.87. The first kappa shape index (κ1) is 11.2. The monoisotopic (exact) mass is 219 g/mol. The van der Waals surface area contributed by atoms with Crippen LogP contribution in [-0.4, -0.2) is 22.8 Å². The molecule has 3 heteroatoms. The molecule has 2 fully saturated rings. The van der Waals surface area contributed by atoms with E-state index in [1.54, 1.807) is 6.92 Å². The number of likely N-dealkylation sites (tertiary alicyclic amines) is 1. The summed E-state index contributed by atoms with van der Waals surface area (Å²) in [6, 6.07) is -0.402. The Morgan fingerprint density at radius 2 is 1.94 bits per heavy atom. The fraction of sp³-hybridized carbons (Fsp3) is 0.692. The van der Waals surface area contributed by atoms with Gasteiger partial charge in [0.25, 0.3) is 0 Å². The first-order valence-electron chi connectivity index (χ1n) is 5.93. The van der Waals surface area contributed by atoms with Crippen molar-refractivity contribution in [1.82, 2.24) is 4.90 Å². The van der Waals surface area contributed by atoms with Crippen molar-refractivity contribution in [2.45, 2.75) is 51.5 Å². The molecule has 1 heterocycles. The molecule has 1 saturated heterocycles. The number of rotatable bonds is 1. The van der Waals surface area contributed by atoms with Gasteiger partial charge in [0, 0.05) is 6.42 Å². The van der Waals surface area contributed by atoms with Crippen LogP contribution in [0.5, 0.6) is 0 Å². The number of amides is 2. The summed E-state index contributed by atoms with van der Waals surface area (Å²) in [6.45, 7) is 1.73. The van der Waals surface area contributed by atoms with Crippen molar-refractivity contribution in [3.8, 4) is 12.3 Å². The maximum Gasteiger partial charge on any atom is 0.236 e. The van der Waals surface area contributed by atoms with E-state index in [-0.39, 0.29) is 11.8 Å². The van der Waals surface area contributed by atoms with Gasteiger partial charge in [0.2, 0.25) is 11.8 Å². The van der Waals surface area contributed by atoms with Crippen LogP contribution in [0.1, 0.15) is 45.4 Å². The van der Waals surface area contributed by atoms with Crippen molar-refractivity contribution in [3.05, 3.63) is 0 Å². The fourth-order valence-electron chi connectivity index (χ4n) is 2.90. The number of carbonyl (C=O) groups is 2. The van der Waals surface area contributed by atoms with Gasteiger partial charge in [-0.2, -0.15) is 0 Å². The van der Waals surface area contributed by atoms with Gasteiger partial charge in [0.1, 0.15) is 0 Å². The average molecular weight is 219 g/mol. The summed E-state index contributed by atoms with van der Waals surface area (Å²) in [4.78, 5) is 25.5. The lowest BCUT2D eigenvalue weighted by atomic mass is 9.73. The van der Waals surface area contributed by atoms with Crippen LogP contribution >= 0.6 is 0 Å². The minimum absolute atomic E-state index is 0.0253. The van der Waals surface area contributed by atoms with Crippen LogP contribution in [-0.2, 0) is 9.59 Å². The van der Waals surface area contributed by atoms with Gasteiger partial charge in [-0.05, 0) is 19.8 Å². The van der Waals surface area contributed by atoms with E-state index in [1.165, 1.54) is 11.3 Å². The second-order valence-corrected chi connectivity index (χ2v) is 4.93. The zero-order chi connectivity index (χ0) is 11.8. The molecule has 1 unspecified atom stereocenters. The lowest BCUT2D eigenvalue weighted by Crippen LogP contribution is -2.41. The van der Waals surface area contributed by atoms with Gasteiger partial charge in [-0.25, -0.2) is 0 Å². The van der Waals surface area contributed by atoms with Crippen LogP contribution in [0, 0.1) is 17.8 Å². The molecule has 0 bridgehead atoms. The van der Waals surface area contributed by atoms with E-state index in [0.717, 1.165) is 25.7 Å². The molecule has 0 aromatic heterocycles. The first-order valence-corrected chi connectivity index (χ1v) is 5.93. The van der Waals surface area contributed by atoms with Crippen LogP contribution in [0.3, 0.4) is 0 Å². The lowest BCUT2D eigenvalue weighted by Gasteiger charge is -2.31. The van der Waals surface area contributed by atoms with Crippen LogP contribution in [0.15, 0.2) is 0 Å². The Balaban J connectivity index is 2.25. The molecule has 0 aromatic carbocycles. The third kappa shape index (κ3) is 1.53. The van der Waals surface area contributed by atoms with Gasteiger partial charge in [0.05, 0.1) is 11.5 Å². The highest BCUT2D eigenvalue weighted by molar-refractivity contribution is 6.06. The minimum atomic E-state index is -0.402. The van der Waals surface area contributed by atoms with Crippen molar-refractivity contribution < 1.29 is 9.59 Å². The summed E-state index contributed by atoms with van der Waals surface area (Å²) in [5.41, 5.74) is -0.402. The van der Waals surface area contributed by atoms with Crippen LogP contribution in [0.2, 0.25) is 0 Å². The second-order valence-electron chi connectivity index (χ2n) is 4.93. The highest BCUT2D eigenvalue weighted by Crippen LogP contribution is 2.45. The molecule has 0 N–H and O–H groups in total. The Bertz CT molecular complexity index is 361. The molecule has 1 spiro atoms. The Morgan fingerprint density at radius 1 is 1.31 bits per heavy atom. The smallest absolute Gasteiger partial charge is 0.236 e. The van der Waals surface area contributed by atoms with E-state index < -0.39 is 11.5 Å². The van der Waals surface area contributed by atoms with Crippen molar-refractivity contribution in [2.75, 3.05) is 0 Å². The zero-order valence-corrected chi connectivity index (χ0v) is 9.66. The Morgan fingerprint density at radius 3 is 2.50 bits per heavy atom. The van der Waals surface area contributed by atoms with E-state index >= 15 is 0 Å². The normalized spacial score (nSPS) is 25.9. The fourth-order valence-corrected chi connectivity index (χ4v) is 2.90. The van der Waals surface area contributed by atoms with Crippen LogP contribution in [0.4, 0.5) is 0 Å². The number of terminal acetylenes is 1. The molecular formula is C13H17NO2. The number of nitrogens with zero attached hydrogens (tertiary/aromatic N) is 1. The maximum absolute atomic E-state index is 12.3. The number of hydrogen-bond acceptors (Lipinski definition) is 2. The number of hydrogen-bond donors (Lipinski definition) is 0. The molecule has 86 valence electrons. The number of imide groups is 1. The number of carbonyl (C=O) groups excluding carboxylic acids is 2. The zero-order valence-electron chi connectivity index (χ0n) is 9.66. The average Bonchev–Trinajstić information content (AvgIpc) is 2.51. The quantitative estimate of drug-likeness (QED) is 0.497. The predicted molar refractivity (Wildman–Crippen MR) is 60.3 cm³/mol. The second kappa shape index (κ2) is 3.93. The van der Waals surface area contributed by atoms with Gasteiger partial charge in [-0.15, -0.1) is 6.42 Å². The van der Waals surface area contributed by atoms with E-state index in [4.69, 9.17) is 6.42 Å². The van der Waals surface area contributed by atoms with Gasteiger partial charge in [0.15, 0.2) is 0 Å². The van der Waals surface area contributed by atoms with E-state index in [2.05, 4.69) is 5.92 Å². The van der Waals surface area contributed by atoms with E-state index in [9.17, 15) is 9.59 Å². The molecule has 1 aliphatic carbocycles. The molecule has 16 heavy (non-hydrogen) atoms. The summed E-state index contributed by atoms with van der Waals surface area (Å²) in [5, 5.41) is 0. The van der Waals surface area contributed by atoms with Crippen LogP contribution < -0.4 is 0 Å². The molecule has 2 rings (SSSR count). The topological polar surface area (TPSA) is 37.4 Å². The summed E-state index contributed by atoms with van der Waals surface area (Å²) in [7, 11) is 0. The molecule has 0 aromatic rings. The van der Waals surface area contributed by atoms with E-state index in [0.29, 0.717) is 6.42 Å². The molecule has 2 aliphatic rings. The molecule has 0 radical (unpaired) electrons. The van der Waals surface area contributed by atoms with Gasteiger partial charge >= 0.3 is 0 Å². The minimum Gasteiger partial charge on any atom is -0.274 e. The summed E-state index contributed by atoms with van der Waals surface area (Å²) in [6.07, 6.45) is 10.7.